The van der Waals surface area contributed by atoms with Crippen LogP contribution in [0.3, 0.4) is 0 Å². The summed E-state index contributed by atoms with van der Waals surface area (Å²) in [4.78, 5) is 0. The fourth-order valence-corrected chi connectivity index (χ4v) is 2.33. The van der Waals surface area contributed by atoms with Gasteiger partial charge in [-0.25, -0.2) is 4.68 Å². The summed E-state index contributed by atoms with van der Waals surface area (Å²) in [5, 5.41) is 21.1. The van der Waals surface area contributed by atoms with E-state index in [1.165, 1.54) is 0 Å². The van der Waals surface area contributed by atoms with Gasteiger partial charge in [0, 0.05) is 0 Å². The van der Waals surface area contributed by atoms with E-state index < -0.39 is 0 Å². The van der Waals surface area contributed by atoms with E-state index in [4.69, 9.17) is 5.26 Å². The van der Waals surface area contributed by atoms with Crippen molar-refractivity contribution in [2.45, 2.75) is 40.2 Å². The first-order valence-electron chi connectivity index (χ1n) is 7.25. The zero-order valence-corrected chi connectivity index (χ0v) is 13.0. The van der Waals surface area contributed by atoms with Crippen molar-refractivity contribution in [3.8, 4) is 11.8 Å². The maximum atomic E-state index is 9.05. The first-order chi connectivity index (χ1) is 10.1. The zero-order valence-electron chi connectivity index (χ0n) is 13.0. The minimum Gasteiger partial charge on any atom is -0.309 e. The van der Waals surface area contributed by atoms with Gasteiger partial charge in [0.25, 0.3) is 0 Å². The van der Waals surface area contributed by atoms with Gasteiger partial charge < -0.3 is 5.32 Å². The van der Waals surface area contributed by atoms with Gasteiger partial charge in [-0.05, 0) is 51.4 Å². The van der Waals surface area contributed by atoms with Gasteiger partial charge in [-0.3, -0.25) is 0 Å². The minimum atomic E-state index is 0.165. The zero-order chi connectivity index (χ0) is 15.4. The number of benzene rings is 1. The first kappa shape index (κ1) is 15.2. The van der Waals surface area contributed by atoms with Gasteiger partial charge in [0.05, 0.1) is 29.1 Å². The van der Waals surface area contributed by atoms with Crippen LogP contribution >= 0.6 is 0 Å². The Balaban J connectivity index is 2.39. The van der Waals surface area contributed by atoms with Crippen molar-refractivity contribution in [2.24, 2.45) is 0 Å². The molecule has 0 radical (unpaired) electrons. The van der Waals surface area contributed by atoms with Crippen molar-refractivity contribution in [1.82, 2.24) is 20.3 Å². The van der Waals surface area contributed by atoms with Crippen molar-refractivity contribution in [1.29, 1.82) is 5.26 Å². The third kappa shape index (κ3) is 3.11. The van der Waals surface area contributed by atoms with Gasteiger partial charge in [-0.1, -0.05) is 18.2 Å². The molecule has 0 bridgehead atoms. The fraction of sp³-hybridized carbons (Fsp3) is 0.438. The number of nitrogens with zero attached hydrogens (tertiary/aromatic N) is 4. The van der Waals surface area contributed by atoms with Crippen molar-refractivity contribution >= 4 is 0 Å². The summed E-state index contributed by atoms with van der Waals surface area (Å²) >= 11 is 0. The van der Waals surface area contributed by atoms with E-state index in [0.717, 1.165) is 35.6 Å². The van der Waals surface area contributed by atoms with E-state index in [1.807, 2.05) is 36.7 Å². The number of aromatic nitrogens is 3. The highest BCUT2D eigenvalue weighted by Gasteiger charge is 2.16. The molecule has 21 heavy (non-hydrogen) atoms. The van der Waals surface area contributed by atoms with E-state index in [0.29, 0.717) is 5.56 Å². The van der Waals surface area contributed by atoms with Crippen molar-refractivity contribution in [3.63, 3.8) is 0 Å². The number of rotatable bonds is 5. The molecule has 0 fully saturated rings. The first-order valence-corrected chi connectivity index (χ1v) is 7.25. The molecule has 0 aliphatic carbocycles. The molecular formula is C16H21N5. The lowest BCUT2D eigenvalue weighted by molar-refractivity contribution is 0.555. The molecule has 0 saturated heterocycles. The number of nitrogens with one attached hydrogen (secondary N) is 1. The Labute approximate surface area is 125 Å². The van der Waals surface area contributed by atoms with Gasteiger partial charge in [-0.15, -0.1) is 5.10 Å². The average Bonchev–Trinajstić information content (AvgIpc) is 2.87. The lowest BCUT2D eigenvalue weighted by Crippen LogP contribution is -2.20. The molecule has 2 rings (SSSR count). The van der Waals surface area contributed by atoms with Crippen LogP contribution in [0.1, 0.15) is 48.8 Å². The maximum absolute atomic E-state index is 9.05. The molecule has 2 aromatic rings. The Morgan fingerprint density at radius 3 is 2.81 bits per heavy atom. The van der Waals surface area contributed by atoms with Gasteiger partial charge in [0.15, 0.2) is 0 Å². The quantitative estimate of drug-likeness (QED) is 0.916. The van der Waals surface area contributed by atoms with Crippen LogP contribution in [-0.2, 0) is 0 Å². The molecular weight excluding hydrogens is 262 g/mol. The Morgan fingerprint density at radius 2 is 2.14 bits per heavy atom. The summed E-state index contributed by atoms with van der Waals surface area (Å²) < 4.78 is 1.82. The number of nitriles is 1. The highest BCUT2D eigenvalue weighted by molar-refractivity contribution is 5.47. The van der Waals surface area contributed by atoms with E-state index in [2.05, 4.69) is 35.5 Å². The van der Waals surface area contributed by atoms with Gasteiger partial charge in [0.1, 0.15) is 5.69 Å². The van der Waals surface area contributed by atoms with Crippen LogP contribution in [0.25, 0.3) is 5.69 Å². The standard InChI is InChI=1S/C16H21N5/c1-5-8-18-12(3)16-13(4)21(20-19-16)15-9-14(10-17)7-6-11(15)2/h6-7,9,12,18H,5,8H2,1-4H3. The second-order valence-electron chi connectivity index (χ2n) is 5.26. The predicted molar refractivity (Wildman–Crippen MR) is 82.3 cm³/mol. The maximum Gasteiger partial charge on any atom is 0.103 e. The Hall–Kier alpha value is -2.19. The second kappa shape index (κ2) is 6.51. The third-order valence-electron chi connectivity index (χ3n) is 3.61. The molecule has 1 N–H and O–H groups in total. The Morgan fingerprint density at radius 1 is 1.38 bits per heavy atom. The summed E-state index contributed by atoms with van der Waals surface area (Å²) in [6.07, 6.45) is 1.08. The highest BCUT2D eigenvalue weighted by atomic mass is 15.4. The summed E-state index contributed by atoms with van der Waals surface area (Å²) in [5.41, 5.74) is 4.56. The predicted octanol–water partition coefficient (Wildman–Crippen LogP) is 2.82. The third-order valence-corrected chi connectivity index (χ3v) is 3.61. The molecule has 0 spiro atoms. The van der Waals surface area contributed by atoms with Crippen LogP contribution in [0.4, 0.5) is 0 Å². The summed E-state index contributed by atoms with van der Waals surface area (Å²) in [6, 6.07) is 7.94. The molecule has 1 atom stereocenters. The summed E-state index contributed by atoms with van der Waals surface area (Å²) in [7, 11) is 0. The molecule has 5 heteroatoms. The largest absolute Gasteiger partial charge is 0.309 e. The summed E-state index contributed by atoms with van der Waals surface area (Å²) in [6.45, 7) is 9.21. The van der Waals surface area contributed by atoms with Gasteiger partial charge in [0.2, 0.25) is 0 Å². The molecule has 1 heterocycles. The highest BCUT2D eigenvalue weighted by Crippen LogP contribution is 2.21. The Bertz CT molecular complexity index is 666. The topological polar surface area (TPSA) is 66.5 Å². The average molecular weight is 283 g/mol. The van der Waals surface area contributed by atoms with Gasteiger partial charge >= 0.3 is 0 Å². The molecule has 110 valence electrons. The van der Waals surface area contributed by atoms with Gasteiger partial charge in [-0.2, -0.15) is 5.26 Å². The number of hydrogen-bond donors (Lipinski definition) is 1. The van der Waals surface area contributed by atoms with Crippen molar-refractivity contribution in [3.05, 3.63) is 40.7 Å². The fourth-order valence-electron chi connectivity index (χ4n) is 2.33. The smallest absolute Gasteiger partial charge is 0.103 e. The van der Waals surface area contributed by atoms with E-state index in [1.54, 1.807) is 0 Å². The van der Waals surface area contributed by atoms with Crippen LogP contribution < -0.4 is 5.32 Å². The van der Waals surface area contributed by atoms with E-state index >= 15 is 0 Å². The van der Waals surface area contributed by atoms with Crippen LogP contribution in [0.2, 0.25) is 0 Å². The number of hydrogen-bond acceptors (Lipinski definition) is 4. The second-order valence-corrected chi connectivity index (χ2v) is 5.26. The normalized spacial score (nSPS) is 12.1. The van der Waals surface area contributed by atoms with Crippen LogP contribution in [0.15, 0.2) is 18.2 Å². The Kier molecular flexibility index (Phi) is 4.71. The molecule has 0 saturated carbocycles. The molecule has 0 amide bonds. The lowest BCUT2D eigenvalue weighted by Gasteiger charge is -2.12. The van der Waals surface area contributed by atoms with Crippen LogP contribution in [0.5, 0.6) is 0 Å². The van der Waals surface area contributed by atoms with Crippen LogP contribution in [-0.4, -0.2) is 21.5 Å². The van der Waals surface area contributed by atoms with E-state index in [9.17, 15) is 0 Å². The van der Waals surface area contributed by atoms with Crippen molar-refractivity contribution < 1.29 is 0 Å². The molecule has 1 unspecified atom stereocenters. The molecule has 1 aromatic carbocycles. The monoisotopic (exact) mass is 283 g/mol. The SMILES string of the molecule is CCCNC(C)c1nnn(-c2cc(C#N)ccc2C)c1C. The molecule has 5 nitrogen and oxygen atoms in total. The van der Waals surface area contributed by atoms with Crippen LogP contribution in [0, 0.1) is 25.2 Å². The molecule has 0 aliphatic heterocycles. The number of aryl methyl sites for hydroxylation is 1. The molecule has 1 aromatic heterocycles. The minimum absolute atomic E-state index is 0.165. The van der Waals surface area contributed by atoms with Crippen molar-refractivity contribution in [2.75, 3.05) is 6.54 Å². The van der Waals surface area contributed by atoms with E-state index in [-0.39, 0.29) is 6.04 Å². The summed E-state index contributed by atoms with van der Waals surface area (Å²) in [5.74, 6) is 0. The molecule has 0 aliphatic rings. The lowest BCUT2D eigenvalue weighted by atomic mass is 10.1.